The van der Waals surface area contributed by atoms with Crippen LogP contribution in [0.3, 0.4) is 0 Å². The van der Waals surface area contributed by atoms with E-state index in [2.05, 4.69) is 20.7 Å². The summed E-state index contributed by atoms with van der Waals surface area (Å²) in [5, 5.41) is 12.4. The van der Waals surface area contributed by atoms with Crippen LogP contribution >= 0.6 is 34.8 Å². The molecule has 26 heavy (non-hydrogen) atoms. The monoisotopic (exact) mass is 406 g/mol. The van der Waals surface area contributed by atoms with E-state index in [0.717, 1.165) is 5.56 Å². The molecule has 0 radical (unpaired) electrons. The Morgan fingerprint density at radius 3 is 2.58 bits per heavy atom. The number of aromatic amines is 1. The average molecular weight is 408 g/mol. The molecule has 3 rings (SSSR count). The number of carbonyl (C=O) groups excluding carboxylic acids is 1. The summed E-state index contributed by atoms with van der Waals surface area (Å²) in [6.07, 6.45) is 0. The summed E-state index contributed by atoms with van der Waals surface area (Å²) in [5.74, 6) is -0.430. The number of rotatable bonds is 4. The minimum atomic E-state index is -0.430. The van der Waals surface area contributed by atoms with Crippen LogP contribution in [0.15, 0.2) is 53.6 Å². The van der Waals surface area contributed by atoms with Crippen molar-refractivity contribution in [2.75, 3.05) is 0 Å². The zero-order valence-electron chi connectivity index (χ0n) is 13.6. The molecule has 0 spiro atoms. The first-order valence-corrected chi connectivity index (χ1v) is 8.69. The molecule has 2 N–H and O–H groups in total. The van der Waals surface area contributed by atoms with Crippen molar-refractivity contribution in [1.82, 2.24) is 15.6 Å². The van der Waals surface area contributed by atoms with Gasteiger partial charge >= 0.3 is 0 Å². The topological polar surface area (TPSA) is 70.1 Å². The molecule has 0 aliphatic heterocycles. The normalized spacial score (nSPS) is 11.5. The Bertz CT molecular complexity index is 998. The fourth-order valence-corrected chi connectivity index (χ4v) is 3.06. The first kappa shape index (κ1) is 18.5. The maximum Gasteiger partial charge on any atom is 0.289 e. The van der Waals surface area contributed by atoms with Crippen molar-refractivity contribution in [2.45, 2.75) is 6.92 Å². The van der Waals surface area contributed by atoms with Gasteiger partial charge in [-0.2, -0.15) is 10.2 Å². The number of nitrogens with one attached hydrogen (secondary N) is 2. The zero-order valence-corrected chi connectivity index (χ0v) is 15.8. The highest BCUT2D eigenvalue weighted by Gasteiger charge is 2.13. The van der Waals surface area contributed by atoms with Crippen LogP contribution < -0.4 is 5.43 Å². The second kappa shape index (κ2) is 7.91. The highest BCUT2D eigenvalue weighted by Crippen LogP contribution is 2.29. The molecule has 0 bridgehead atoms. The minimum absolute atomic E-state index is 0.252. The van der Waals surface area contributed by atoms with E-state index >= 15 is 0 Å². The highest BCUT2D eigenvalue weighted by molar-refractivity contribution is 6.36. The summed E-state index contributed by atoms with van der Waals surface area (Å²) in [4.78, 5) is 12.3. The summed E-state index contributed by atoms with van der Waals surface area (Å²) >= 11 is 18.2. The van der Waals surface area contributed by atoms with Gasteiger partial charge in [-0.15, -0.1) is 0 Å². The SMILES string of the molecule is C/C(=N\NC(=O)c1cc(-c2ccc(Cl)cc2Cl)n[nH]1)c1ccccc1Cl. The molecule has 0 atom stereocenters. The van der Waals surface area contributed by atoms with Crippen molar-refractivity contribution < 1.29 is 4.79 Å². The van der Waals surface area contributed by atoms with Crippen molar-refractivity contribution in [3.05, 3.63) is 74.9 Å². The van der Waals surface area contributed by atoms with Crippen LogP contribution in [0.5, 0.6) is 0 Å². The predicted octanol–water partition coefficient (Wildman–Crippen LogP) is 5.19. The first-order valence-electron chi connectivity index (χ1n) is 7.56. The summed E-state index contributed by atoms with van der Waals surface area (Å²) in [7, 11) is 0. The van der Waals surface area contributed by atoms with Crippen LogP contribution in [0, 0.1) is 0 Å². The lowest BCUT2D eigenvalue weighted by Crippen LogP contribution is -2.19. The van der Waals surface area contributed by atoms with E-state index in [4.69, 9.17) is 34.8 Å². The van der Waals surface area contributed by atoms with Gasteiger partial charge in [0, 0.05) is 21.2 Å². The number of carbonyl (C=O) groups is 1. The predicted molar refractivity (Wildman–Crippen MR) is 105 cm³/mol. The Morgan fingerprint density at radius 2 is 1.85 bits per heavy atom. The summed E-state index contributed by atoms with van der Waals surface area (Å²) in [5.41, 5.74) is 5.26. The van der Waals surface area contributed by atoms with E-state index < -0.39 is 5.91 Å². The third kappa shape index (κ3) is 4.07. The molecule has 2 aromatic carbocycles. The molecule has 0 unspecified atom stereocenters. The smallest absolute Gasteiger partial charge is 0.272 e. The van der Waals surface area contributed by atoms with Crippen molar-refractivity contribution in [2.24, 2.45) is 5.10 Å². The largest absolute Gasteiger partial charge is 0.289 e. The number of hydrazone groups is 1. The number of aromatic nitrogens is 2. The molecule has 1 amide bonds. The van der Waals surface area contributed by atoms with Crippen LogP contribution in [0.1, 0.15) is 23.0 Å². The lowest BCUT2D eigenvalue weighted by Gasteiger charge is -2.03. The van der Waals surface area contributed by atoms with E-state index in [-0.39, 0.29) is 5.69 Å². The Balaban J connectivity index is 1.76. The maximum absolute atomic E-state index is 12.3. The number of hydrogen-bond donors (Lipinski definition) is 2. The molecule has 1 aromatic heterocycles. The van der Waals surface area contributed by atoms with Gasteiger partial charge in [-0.3, -0.25) is 9.89 Å². The third-order valence-corrected chi connectivity index (χ3v) is 4.50. The Morgan fingerprint density at radius 1 is 1.08 bits per heavy atom. The van der Waals surface area contributed by atoms with E-state index in [1.54, 1.807) is 37.3 Å². The Hall–Kier alpha value is -2.34. The molecule has 0 saturated carbocycles. The molecule has 5 nitrogen and oxygen atoms in total. The van der Waals surface area contributed by atoms with Gasteiger partial charge in [0.15, 0.2) is 0 Å². The van der Waals surface area contributed by atoms with Crippen LogP contribution in [0.25, 0.3) is 11.3 Å². The van der Waals surface area contributed by atoms with Crippen molar-refractivity contribution in [3.63, 3.8) is 0 Å². The molecule has 3 aromatic rings. The van der Waals surface area contributed by atoms with Crippen molar-refractivity contribution >= 4 is 46.4 Å². The second-order valence-corrected chi connectivity index (χ2v) is 6.66. The molecule has 0 fully saturated rings. The van der Waals surface area contributed by atoms with Gasteiger partial charge < -0.3 is 0 Å². The number of H-pyrrole nitrogens is 1. The van der Waals surface area contributed by atoms with Crippen LogP contribution in [-0.2, 0) is 0 Å². The molecule has 0 aliphatic carbocycles. The fourth-order valence-electron chi connectivity index (χ4n) is 2.28. The number of hydrogen-bond acceptors (Lipinski definition) is 3. The molecule has 8 heteroatoms. The van der Waals surface area contributed by atoms with Crippen LogP contribution in [0.2, 0.25) is 15.1 Å². The minimum Gasteiger partial charge on any atom is -0.272 e. The van der Waals surface area contributed by atoms with Gasteiger partial charge in [0.1, 0.15) is 5.69 Å². The fraction of sp³-hybridized carbons (Fsp3) is 0.0556. The number of benzene rings is 2. The van der Waals surface area contributed by atoms with Gasteiger partial charge in [0.2, 0.25) is 0 Å². The molecular formula is C18H13Cl3N4O. The van der Waals surface area contributed by atoms with Crippen molar-refractivity contribution in [3.8, 4) is 11.3 Å². The van der Waals surface area contributed by atoms with E-state index in [9.17, 15) is 4.79 Å². The average Bonchev–Trinajstić information content (AvgIpc) is 3.09. The summed E-state index contributed by atoms with van der Waals surface area (Å²) in [6, 6.07) is 13.9. The number of halogens is 3. The lowest BCUT2D eigenvalue weighted by atomic mass is 10.1. The Labute approximate surface area is 165 Å². The van der Waals surface area contributed by atoms with Crippen LogP contribution in [0.4, 0.5) is 0 Å². The lowest BCUT2D eigenvalue weighted by molar-refractivity contribution is 0.0950. The highest BCUT2D eigenvalue weighted by atomic mass is 35.5. The standard InChI is InChI=1S/C18H13Cl3N4O/c1-10(12-4-2-3-5-14(12)20)22-25-18(26)17-9-16(23-24-17)13-7-6-11(19)8-15(13)21/h2-9H,1H3,(H,23,24)(H,25,26)/b22-10+. The van der Waals surface area contributed by atoms with Gasteiger partial charge in [0.25, 0.3) is 5.91 Å². The second-order valence-electron chi connectivity index (χ2n) is 5.41. The molecule has 132 valence electrons. The van der Waals surface area contributed by atoms with Gasteiger partial charge in [-0.1, -0.05) is 53.0 Å². The number of nitrogens with zero attached hydrogens (tertiary/aromatic N) is 2. The quantitative estimate of drug-likeness (QED) is 0.461. The first-order chi connectivity index (χ1) is 12.5. The Kier molecular flexibility index (Phi) is 5.61. The van der Waals surface area contributed by atoms with Gasteiger partial charge in [-0.25, -0.2) is 5.43 Å². The molecular weight excluding hydrogens is 395 g/mol. The summed E-state index contributed by atoms with van der Waals surface area (Å²) < 4.78 is 0. The van der Waals surface area contributed by atoms with E-state index in [1.165, 1.54) is 0 Å². The van der Waals surface area contributed by atoms with Crippen LogP contribution in [-0.4, -0.2) is 21.8 Å². The van der Waals surface area contributed by atoms with Crippen molar-refractivity contribution in [1.29, 1.82) is 0 Å². The van der Waals surface area contributed by atoms with E-state index in [0.29, 0.717) is 32.0 Å². The molecule has 0 aliphatic rings. The van der Waals surface area contributed by atoms with Gasteiger partial charge in [0.05, 0.1) is 16.4 Å². The number of amides is 1. The molecule has 1 heterocycles. The maximum atomic E-state index is 12.3. The van der Waals surface area contributed by atoms with E-state index in [1.807, 2.05) is 18.2 Å². The van der Waals surface area contributed by atoms with Gasteiger partial charge in [-0.05, 0) is 37.3 Å². The summed E-state index contributed by atoms with van der Waals surface area (Å²) in [6.45, 7) is 1.76. The molecule has 0 saturated heterocycles. The third-order valence-electron chi connectivity index (χ3n) is 3.62. The zero-order chi connectivity index (χ0) is 18.7.